The van der Waals surface area contributed by atoms with Crippen LogP contribution < -0.4 is 0 Å². The third-order valence-corrected chi connectivity index (χ3v) is 3.86. The summed E-state index contributed by atoms with van der Waals surface area (Å²) in [6, 6.07) is 4.30. The summed E-state index contributed by atoms with van der Waals surface area (Å²) < 4.78 is 0. The predicted molar refractivity (Wildman–Crippen MR) is 89.2 cm³/mol. The highest BCUT2D eigenvalue weighted by Crippen LogP contribution is 2.39. The first-order chi connectivity index (χ1) is 11.5. The molecule has 0 aliphatic heterocycles. The molecular formula is C15H10Cl2N4O3. The number of phenolic OH excluding ortho intramolecular Hbond substituents is 3. The Morgan fingerprint density at radius 3 is 2.17 bits per heavy atom. The van der Waals surface area contributed by atoms with Crippen molar-refractivity contribution in [2.45, 2.75) is 6.54 Å². The van der Waals surface area contributed by atoms with Gasteiger partial charge < -0.3 is 15.3 Å². The van der Waals surface area contributed by atoms with Crippen LogP contribution in [0.2, 0.25) is 10.0 Å². The lowest BCUT2D eigenvalue weighted by Crippen LogP contribution is -1.84. The molecule has 0 spiro atoms. The number of aromatic hydroxyl groups is 3. The van der Waals surface area contributed by atoms with Crippen LogP contribution in [0.15, 0.2) is 40.8 Å². The monoisotopic (exact) mass is 364 g/mol. The first-order valence-electron chi connectivity index (χ1n) is 6.67. The van der Waals surface area contributed by atoms with Gasteiger partial charge in [-0.25, -0.2) is 0 Å². The molecule has 24 heavy (non-hydrogen) atoms. The molecule has 9 heteroatoms. The minimum atomic E-state index is -0.197. The molecule has 0 atom stereocenters. The van der Waals surface area contributed by atoms with Gasteiger partial charge >= 0.3 is 0 Å². The highest BCUT2D eigenvalue weighted by atomic mass is 35.5. The molecule has 7 nitrogen and oxygen atoms in total. The molecule has 1 heterocycles. The van der Waals surface area contributed by atoms with Crippen LogP contribution in [0.5, 0.6) is 17.2 Å². The predicted octanol–water partition coefficient (Wildman–Crippen LogP) is 4.34. The Labute approximate surface area is 145 Å². The number of benzene rings is 2. The van der Waals surface area contributed by atoms with Crippen molar-refractivity contribution < 1.29 is 15.3 Å². The lowest BCUT2D eigenvalue weighted by atomic mass is 10.1. The van der Waals surface area contributed by atoms with E-state index in [9.17, 15) is 15.3 Å². The maximum absolute atomic E-state index is 10.2. The zero-order valence-corrected chi connectivity index (χ0v) is 13.5. The molecule has 0 fully saturated rings. The summed E-state index contributed by atoms with van der Waals surface area (Å²) in [6.07, 6.45) is 2.66. The van der Waals surface area contributed by atoms with Crippen molar-refractivity contribution >= 4 is 39.7 Å². The van der Waals surface area contributed by atoms with E-state index in [1.54, 1.807) is 0 Å². The first kappa shape index (κ1) is 16.2. The van der Waals surface area contributed by atoms with E-state index in [1.165, 1.54) is 30.6 Å². The van der Waals surface area contributed by atoms with Gasteiger partial charge in [0.05, 0.1) is 34.4 Å². The average molecular weight is 365 g/mol. The lowest BCUT2D eigenvalue weighted by Gasteiger charge is -2.05. The summed E-state index contributed by atoms with van der Waals surface area (Å²) >= 11 is 11.7. The van der Waals surface area contributed by atoms with Gasteiger partial charge in [0.2, 0.25) is 0 Å². The maximum atomic E-state index is 10.2. The summed E-state index contributed by atoms with van der Waals surface area (Å²) in [5.41, 5.74) is 0.714. The van der Waals surface area contributed by atoms with Crippen LogP contribution in [0.25, 0.3) is 10.8 Å². The fourth-order valence-electron chi connectivity index (χ4n) is 2.11. The minimum Gasteiger partial charge on any atom is -0.507 e. The minimum absolute atomic E-state index is 0.0870. The Bertz CT molecular complexity index is 940. The second-order valence-corrected chi connectivity index (χ2v) is 5.70. The quantitative estimate of drug-likeness (QED) is 0.472. The van der Waals surface area contributed by atoms with Crippen molar-refractivity contribution in [1.29, 1.82) is 0 Å². The van der Waals surface area contributed by atoms with Crippen LogP contribution in [-0.4, -0.2) is 25.5 Å². The van der Waals surface area contributed by atoms with Crippen LogP contribution in [0, 0.1) is 0 Å². The normalized spacial score (nSPS) is 11.4. The van der Waals surface area contributed by atoms with E-state index in [-0.39, 0.29) is 39.5 Å². The third-order valence-electron chi connectivity index (χ3n) is 3.29. The number of nitrogens with zero attached hydrogens (tertiary/aromatic N) is 4. The number of halogens is 2. The van der Waals surface area contributed by atoms with Gasteiger partial charge in [0.1, 0.15) is 11.4 Å². The first-order valence-corrected chi connectivity index (χ1v) is 7.42. The molecule has 122 valence electrons. The van der Waals surface area contributed by atoms with E-state index >= 15 is 0 Å². The Balaban J connectivity index is 1.90. The van der Waals surface area contributed by atoms with E-state index < -0.39 is 0 Å². The summed E-state index contributed by atoms with van der Waals surface area (Å²) in [5.74, 6) is -0.456. The van der Waals surface area contributed by atoms with E-state index in [1.807, 2.05) is 0 Å². The molecule has 0 aliphatic carbocycles. The summed E-state index contributed by atoms with van der Waals surface area (Å²) in [4.78, 5) is 0. The van der Waals surface area contributed by atoms with Gasteiger partial charge in [-0.05, 0) is 17.7 Å². The molecule has 3 rings (SSSR count). The van der Waals surface area contributed by atoms with Gasteiger partial charge in [0.15, 0.2) is 11.5 Å². The summed E-state index contributed by atoms with van der Waals surface area (Å²) in [5, 5.41) is 45.7. The zero-order valence-electron chi connectivity index (χ0n) is 12.0. The molecule has 0 saturated carbocycles. The molecular weight excluding hydrogens is 355 g/mol. The van der Waals surface area contributed by atoms with Crippen LogP contribution >= 0.6 is 23.2 Å². The summed E-state index contributed by atoms with van der Waals surface area (Å²) in [7, 11) is 0. The largest absolute Gasteiger partial charge is 0.507 e. The number of aromatic nitrogens is 2. The van der Waals surface area contributed by atoms with Crippen LogP contribution in [0.3, 0.4) is 0 Å². The van der Waals surface area contributed by atoms with Crippen molar-refractivity contribution in [3.8, 4) is 17.2 Å². The molecule has 0 amide bonds. The number of fused-ring (bicyclic) bond motifs is 1. The van der Waals surface area contributed by atoms with E-state index in [0.29, 0.717) is 16.3 Å². The van der Waals surface area contributed by atoms with Gasteiger partial charge in [-0.3, -0.25) is 0 Å². The zero-order chi connectivity index (χ0) is 17.3. The number of hydrogen-bond donors (Lipinski definition) is 3. The second kappa shape index (κ2) is 6.46. The molecule has 0 bridgehead atoms. The van der Waals surface area contributed by atoms with Gasteiger partial charge in [0.25, 0.3) is 0 Å². The van der Waals surface area contributed by atoms with Gasteiger partial charge in [0, 0.05) is 11.5 Å². The number of phenols is 3. The van der Waals surface area contributed by atoms with E-state index in [0.717, 1.165) is 0 Å². The average Bonchev–Trinajstić information content (AvgIpc) is 2.57. The summed E-state index contributed by atoms with van der Waals surface area (Å²) in [6.45, 7) is 0.118. The molecule has 0 unspecified atom stereocenters. The van der Waals surface area contributed by atoms with Gasteiger partial charge in [-0.2, -0.15) is 20.4 Å². The molecule has 3 N–H and O–H groups in total. The molecule has 1 aromatic heterocycles. The van der Waals surface area contributed by atoms with Crippen LogP contribution in [-0.2, 0) is 6.54 Å². The topological polar surface area (TPSA) is 111 Å². The SMILES string of the molecule is Oc1c(Cl)cc(CN=Nc2cc(O)c3cnncc3c2O)cc1Cl. The fraction of sp³-hybridized carbons (Fsp3) is 0.0667. The Morgan fingerprint density at radius 2 is 1.50 bits per heavy atom. The second-order valence-electron chi connectivity index (χ2n) is 4.89. The van der Waals surface area contributed by atoms with Crippen LogP contribution in [0.1, 0.15) is 5.56 Å². The third kappa shape index (κ3) is 3.04. The van der Waals surface area contributed by atoms with Crippen molar-refractivity contribution in [3.05, 3.63) is 46.2 Å². The van der Waals surface area contributed by atoms with E-state index in [2.05, 4.69) is 20.4 Å². The van der Waals surface area contributed by atoms with Gasteiger partial charge in [-0.1, -0.05) is 23.2 Å². The van der Waals surface area contributed by atoms with E-state index in [4.69, 9.17) is 23.2 Å². The Hall–Kier alpha value is -2.64. The van der Waals surface area contributed by atoms with Crippen molar-refractivity contribution in [2.75, 3.05) is 0 Å². The van der Waals surface area contributed by atoms with Crippen molar-refractivity contribution in [3.63, 3.8) is 0 Å². The van der Waals surface area contributed by atoms with Crippen molar-refractivity contribution in [1.82, 2.24) is 10.2 Å². The standard InChI is InChI=1S/C15H10Cl2N4O3/c16-10-1-7(2-11(17)15(10)24)4-20-21-12-3-13(22)8-5-18-19-6-9(8)14(12)23/h1-3,5-6,22-24H,4H2. The fourth-order valence-corrected chi connectivity index (χ4v) is 2.64. The Kier molecular flexibility index (Phi) is 4.37. The molecule has 0 radical (unpaired) electrons. The number of azo groups is 1. The van der Waals surface area contributed by atoms with Crippen LogP contribution in [0.4, 0.5) is 5.69 Å². The smallest absolute Gasteiger partial charge is 0.152 e. The molecule has 0 aliphatic rings. The lowest BCUT2D eigenvalue weighted by molar-refractivity contribution is 0.470. The molecule has 0 saturated heterocycles. The highest BCUT2D eigenvalue weighted by molar-refractivity contribution is 6.37. The van der Waals surface area contributed by atoms with Crippen molar-refractivity contribution in [2.24, 2.45) is 10.2 Å². The maximum Gasteiger partial charge on any atom is 0.152 e. The molecule has 2 aromatic carbocycles. The molecule has 3 aromatic rings. The number of hydrogen-bond acceptors (Lipinski definition) is 7. The Morgan fingerprint density at radius 1 is 0.875 bits per heavy atom. The van der Waals surface area contributed by atoms with Gasteiger partial charge in [-0.15, -0.1) is 0 Å². The number of rotatable bonds is 3. The highest BCUT2D eigenvalue weighted by Gasteiger charge is 2.11.